The van der Waals surface area contributed by atoms with Crippen molar-refractivity contribution in [3.63, 3.8) is 0 Å². The van der Waals surface area contributed by atoms with Gasteiger partial charge in [0.15, 0.2) is 0 Å². The lowest BCUT2D eigenvalue weighted by molar-refractivity contribution is -0.0229. The first kappa shape index (κ1) is 13.4. The highest BCUT2D eigenvalue weighted by atomic mass is 79.9. The van der Waals surface area contributed by atoms with Crippen molar-refractivity contribution in [1.82, 2.24) is 9.88 Å². The Bertz CT molecular complexity index is 597. The van der Waals surface area contributed by atoms with E-state index < -0.39 is 0 Å². The van der Waals surface area contributed by atoms with Crippen LogP contribution in [0.25, 0.3) is 0 Å². The average molecular weight is 335 g/mol. The SMILES string of the molecule is O=C(c1cc(Br)c[nH]1)N1CCO[C@@H](c2ccccc2)C1. The third kappa shape index (κ3) is 2.78. The number of amides is 1. The van der Waals surface area contributed by atoms with Crippen LogP contribution in [-0.4, -0.2) is 35.5 Å². The lowest BCUT2D eigenvalue weighted by Crippen LogP contribution is -2.42. The van der Waals surface area contributed by atoms with Gasteiger partial charge in [-0.1, -0.05) is 30.3 Å². The molecule has 1 saturated heterocycles. The molecule has 4 nitrogen and oxygen atoms in total. The molecule has 1 N–H and O–H groups in total. The molecule has 2 heterocycles. The average Bonchev–Trinajstić information content (AvgIpc) is 2.94. The van der Waals surface area contributed by atoms with Crippen LogP contribution in [0.5, 0.6) is 0 Å². The number of ether oxygens (including phenoxy) is 1. The van der Waals surface area contributed by atoms with Gasteiger partial charge in [-0.25, -0.2) is 0 Å². The van der Waals surface area contributed by atoms with Gasteiger partial charge >= 0.3 is 0 Å². The number of halogens is 1. The molecule has 0 unspecified atom stereocenters. The van der Waals surface area contributed by atoms with Crippen LogP contribution in [-0.2, 0) is 4.74 Å². The van der Waals surface area contributed by atoms with Crippen molar-refractivity contribution in [2.24, 2.45) is 0 Å². The summed E-state index contributed by atoms with van der Waals surface area (Å²) >= 11 is 3.35. The van der Waals surface area contributed by atoms with Gasteiger partial charge in [-0.2, -0.15) is 0 Å². The van der Waals surface area contributed by atoms with Gasteiger partial charge in [0, 0.05) is 17.2 Å². The van der Waals surface area contributed by atoms with Gasteiger partial charge in [0.25, 0.3) is 5.91 Å². The maximum atomic E-state index is 12.4. The van der Waals surface area contributed by atoms with Gasteiger partial charge in [0.05, 0.1) is 13.2 Å². The number of benzene rings is 1. The topological polar surface area (TPSA) is 45.3 Å². The highest BCUT2D eigenvalue weighted by Gasteiger charge is 2.26. The third-order valence-electron chi connectivity index (χ3n) is 3.40. The Morgan fingerprint density at radius 2 is 2.15 bits per heavy atom. The van der Waals surface area contributed by atoms with E-state index >= 15 is 0 Å². The predicted molar refractivity (Wildman–Crippen MR) is 79.5 cm³/mol. The molecule has 1 atom stereocenters. The smallest absolute Gasteiger partial charge is 0.270 e. The number of carbonyl (C=O) groups is 1. The number of hydrogen-bond acceptors (Lipinski definition) is 2. The lowest BCUT2D eigenvalue weighted by atomic mass is 10.1. The molecule has 20 heavy (non-hydrogen) atoms. The third-order valence-corrected chi connectivity index (χ3v) is 3.86. The zero-order chi connectivity index (χ0) is 13.9. The maximum absolute atomic E-state index is 12.4. The summed E-state index contributed by atoms with van der Waals surface area (Å²) in [5.74, 6) is 0.0138. The highest BCUT2D eigenvalue weighted by Crippen LogP contribution is 2.23. The highest BCUT2D eigenvalue weighted by molar-refractivity contribution is 9.10. The van der Waals surface area contributed by atoms with E-state index in [1.54, 1.807) is 12.3 Å². The largest absolute Gasteiger partial charge is 0.370 e. The molecule has 1 aliphatic heterocycles. The standard InChI is InChI=1S/C15H15BrN2O2/c16-12-8-13(17-9-12)15(19)18-6-7-20-14(10-18)11-4-2-1-3-5-11/h1-5,8-9,14,17H,6-7,10H2/t14-/m1/s1. The minimum Gasteiger partial charge on any atom is -0.370 e. The Balaban J connectivity index is 1.74. The van der Waals surface area contributed by atoms with E-state index in [1.807, 2.05) is 35.2 Å². The van der Waals surface area contributed by atoms with E-state index in [9.17, 15) is 4.79 Å². The monoisotopic (exact) mass is 334 g/mol. The van der Waals surface area contributed by atoms with Crippen LogP contribution >= 0.6 is 15.9 Å². The number of carbonyl (C=O) groups excluding carboxylic acids is 1. The van der Waals surface area contributed by atoms with Crippen molar-refractivity contribution in [2.75, 3.05) is 19.7 Å². The van der Waals surface area contributed by atoms with Gasteiger partial charge in [-0.05, 0) is 27.6 Å². The number of rotatable bonds is 2. The number of hydrogen-bond donors (Lipinski definition) is 1. The molecular formula is C15H15BrN2O2. The van der Waals surface area contributed by atoms with Crippen LogP contribution in [0.3, 0.4) is 0 Å². The maximum Gasteiger partial charge on any atom is 0.270 e. The van der Waals surface area contributed by atoms with Crippen LogP contribution < -0.4 is 0 Å². The molecule has 1 fully saturated rings. The van der Waals surface area contributed by atoms with Crippen molar-refractivity contribution in [2.45, 2.75) is 6.10 Å². The number of nitrogens with one attached hydrogen (secondary N) is 1. The van der Waals surface area contributed by atoms with Gasteiger partial charge in [0.2, 0.25) is 0 Å². The Hall–Kier alpha value is -1.59. The fraction of sp³-hybridized carbons (Fsp3) is 0.267. The van der Waals surface area contributed by atoms with Gasteiger partial charge < -0.3 is 14.6 Å². The molecule has 0 bridgehead atoms. The van der Waals surface area contributed by atoms with Crippen molar-refractivity contribution >= 4 is 21.8 Å². The Morgan fingerprint density at radius 1 is 1.35 bits per heavy atom. The van der Waals surface area contributed by atoms with Crippen molar-refractivity contribution in [3.8, 4) is 0 Å². The van der Waals surface area contributed by atoms with Crippen LogP contribution in [0, 0.1) is 0 Å². The number of morpholine rings is 1. The van der Waals surface area contributed by atoms with Crippen LogP contribution in [0.1, 0.15) is 22.2 Å². The number of aromatic amines is 1. The van der Waals surface area contributed by atoms with E-state index in [0.29, 0.717) is 25.4 Å². The van der Waals surface area contributed by atoms with E-state index in [2.05, 4.69) is 20.9 Å². The molecule has 0 saturated carbocycles. The molecule has 2 aromatic rings. The fourth-order valence-corrected chi connectivity index (χ4v) is 2.71. The van der Waals surface area contributed by atoms with Gasteiger partial charge in [-0.15, -0.1) is 0 Å². The Kier molecular flexibility index (Phi) is 3.89. The molecule has 1 amide bonds. The minimum atomic E-state index is -0.0488. The van der Waals surface area contributed by atoms with Gasteiger partial charge in [0.1, 0.15) is 11.8 Å². The summed E-state index contributed by atoms with van der Waals surface area (Å²) in [6.45, 7) is 1.77. The minimum absolute atomic E-state index is 0.0138. The van der Waals surface area contributed by atoms with E-state index in [4.69, 9.17) is 4.74 Å². The summed E-state index contributed by atoms with van der Waals surface area (Å²) < 4.78 is 6.66. The second kappa shape index (κ2) is 5.81. The van der Waals surface area contributed by atoms with Crippen LogP contribution in [0.2, 0.25) is 0 Å². The van der Waals surface area contributed by atoms with Crippen molar-refractivity contribution in [3.05, 3.63) is 58.3 Å². The van der Waals surface area contributed by atoms with Crippen molar-refractivity contribution < 1.29 is 9.53 Å². The lowest BCUT2D eigenvalue weighted by Gasteiger charge is -2.33. The molecule has 1 aromatic heterocycles. The molecule has 3 rings (SSSR count). The first-order chi connectivity index (χ1) is 9.74. The number of nitrogens with zero attached hydrogens (tertiary/aromatic N) is 1. The molecule has 0 aliphatic carbocycles. The van der Waals surface area contributed by atoms with E-state index in [1.165, 1.54) is 0 Å². The fourth-order valence-electron chi connectivity index (χ4n) is 2.36. The Labute approximate surface area is 125 Å². The molecule has 1 aliphatic rings. The molecule has 5 heteroatoms. The van der Waals surface area contributed by atoms with E-state index in [0.717, 1.165) is 10.0 Å². The van der Waals surface area contributed by atoms with Crippen LogP contribution in [0.15, 0.2) is 47.1 Å². The first-order valence-corrected chi connectivity index (χ1v) is 7.33. The first-order valence-electron chi connectivity index (χ1n) is 6.54. The molecule has 1 aromatic carbocycles. The predicted octanol–water partition coefficient (Wildman–Crippen LogP) is 2.99. The van der Waals surface area contributed by atoms with Crippen molar-refractivity contribution in [1.29, 1.82) is 0 Å². The summed E-state index contributed by atoms with van der Waals surface area (Å²) in [5.41, 5.74) is 1.71. The molecule has 104 valence electrons. The zero-order valence-corrected chi connectivity index (χ0v) is 12.5. The molecule has 0 radical (unpaired) electrons. The van der Waals surface area contributed by atoms with Gasteiger partial charge in [-0.3, -0.25) is 4.79 Å². The summed E-state index contributed by atoms with van der Waals surface area (Å²) in [6, 6.07) is 11.8. The molecule has 0 spiro atoms. The zero-order valence-electron chi connectivity index (χ0n) is 10.9. The van der Waals surface area contributed by atoms with Crippen LogP contribution in [0.4, 0.5) is 0 Å². The summed E-state index contributed by atoms with van der Waals surface area (Å²) in [4.78, 5) is 17.2. The second-order valence-electron chi connectivity index (χ2n) is 4.75. The Morgan fingerprint density at radius 3 is 2.85 bits per heavy atom. The summed E-state index contributed by atoms with van der Waals surface area (Å²) in [5, 5.41) is 0. The van der Waals surface area contributed by atoms with E-state index in [-0.39, 0.29) is 12.0 Å². The summed E-state index contributed by atoms with van der Waals surface area (Å²) in [7, 11) is 0. The summed E-state index contributed by atoms with van der Waals surface area (Å²) in [6.07, 6.45) is 1.72. The normalized spacial score (nSPS) is 19.1. The number of H-pyrrole nitrogens is 1. The quantitative estimate of drug-likeness (QED) is 0.917. The molecular weight excluding hydrogens is 320 g/mol. The second-order valence-corrected chi connectivity index (χ2v) is 5.67. The number of aromatic nitrogens is 1.